The monoisotopic (exact) mass is 460 g/mol. The molecule has 0 unspecified atom stereocenters. The van der Waals surface area contributed by atoms with Crippen molar-refractivity contribution in [1.29, 1.82) is 0 Å². The maximum Gasteiger partial charge on any atom is 0.355 e. The third-order valence-corrected chi connectivity index (χ3v) is 7.01. The van der Waals surface area contributed by atoms with Crippen LogP contribution < -0.4 is 0 Å². The normalized spacial score (nSPS) is 19.6. The molecule has 2 fully saturated rings. The van der Waals surface area contributed by atoms with Gasteiger partial charge in [-0.25, -0.2) is 4.79 Å². The highest BCUT2D eigenvalue weighted by Crippen LogP contribution is 2.23. The zero-order valence-corrected chi connectivity index (χ0v) is 20.7. The molecule has 1 aromatic rings. The lowest BCUT2D eigenvalue weighted by molar-refractivity contribution is -0.142. The molecule has 3 heterocycles. The van der Waals surface area contributed by atoms with Crippen LogP contribution in [0.5, 0.6) is 0 Å². The highest BCUT2D eigenvalue weighted by Gasteiger charge is 2.32. The first-order valence-electron chi connectivity index (χ1n) is 12.5. The second-order valence-electron chi connectivity index (χ2n) is 9.29. The van der Waals surface area contributed by atoms with Crippen molar-refractivity contribution < 1.29 is 19.1 Å². The molecule has 0 radical (unpaired) electrons. The Morgan fingerprint density at radius 1 is 1.03 bits per heavy atom. The van der Waals surface area contributed by atoms with Crippen LogP contribution in [-0.4, -0.2) is 89.9 Å². The first-order valence-corrected chi connectivity index (χ1v) is 12.5. The maximum atomic E-state index is 13.1. The number of aromatic nitrogens is 1. The van der Waals surface area contributed by atoms with Gasteiger partial charge in [0.15, 0.2) is 0 Å². The summed E-state index contributed by atoms with van der Waals surface area (Å²) >= 11 is 0. The number of nitrogens with one attached hydrogen (secondary N) is 1. The van der Waals surface area contributed by atoms with E-state index >= 15 is 0 Å². The van der Waals surface area contributed by atoms with Crippen molar-refractivity contribution in [3.63, 3.8) is 0 Å². The number of aromatic amines is 1. The fraction of sp³-hybridized carbons (Fsp3) is 0.720. The van der Waals surface area contributed by atoms with Gasteiger partial charge in [0.05, 0.1) is 12.5 Å². The van der Waals surface area contributed by atoms with E-state index in [0.717, 1.165) is 68.8 Å². The Balaban J connectivity index is 1.53. The number of H-pyrrole nitrogens is 1. The Labute approximate surface area is 197 Å². The van der Waals surface area contributed by atoms with Gasteiger partial charge in [-0.2, -0.15) is 0 Å². The van der Waals surface area contributed by atoms with E-state index in [0.29, 0.717) is 38.2 Å². The Hall–Kier alpha value is -2.35. The van der Waals surface area contributed by atoms with Crippen molar-refractivity contribution >= 4 is 17.8 Å². The number of ether oxygens (including phenoxy) is 1. The average molecular weight is 461 g/mol. The number of esters is 1. The number of hydrogen-bond acceptors (Lipinski definition) is 5. The summed E-state index contributed by atoms with van der Waals surface area (Å²) in [7, 11) is 0. The number of carbonyl (C=O) groups is 3. The second kappa shape index (κ2) is 11.7. The number of amides is 2. The number of nitrogens with zero attached hydrogens (tertiary/aromatic N) is 3. The van der Waals surface area contributed by atoms with Crippen LogP contribution >= 0.6 is 0 Å². The maximum absolute atomic E-state index is 13.1. The fourth-order valence-corrected chi connectivity index (χ4v) is 5.13. The molecule has 8 nitrogen and oxygen atoms in total. The molecule has 0 saturated carbocycles. The molecule has 0 aromatic carbocycles. The number of piperazine rings is 1. The van der Waals surface area contributed by atoms with Gasteiger partial charge in [0.1, 0.15) is 5.69 Å². The van der Waals surface area contributed by atoms with Gasteiger partial charge in [-0.1, -0.05) is 6.92 Å². The van der Waals surface area contributed by atoms with Crippen molar-refractivity contribution in [2.24, 2.45) is 5.92 Å². The third kappa shape index (κ3) is 6.16. The number of carbonyl (C=O) groups excluding carboxylic acids is 3. The Kier molecular flexibility index (Phi) is 8.95. The number of hydrogen-bond donors (Lipinski definition) is 1. The van der Waals surface area contributed by atoms with Crippen LogP contribution in [0.1, 0.15) is 66.8 Å². The number of aryl methyl sites for hydroxylation is 1. The molecular formula is C25H40N4O4. The summed E-state index contributed by atoms with van der Waals surface area (Å²) in [6, 6.07) is 0. The third-order valence-electron chi connectivity index (χ3n) is 7.01. The molecule has 0 aliphatic carbocycles. The summed E-state index contributed by atoms with van der Waals surface area (Å²) in [6.07, 6.45) is 3.81. The molecular weight excluding hydrogens is 420 g/mol. The molecule has 0 bridgehead atoms. The molecule has 8 heteroatoms. The van der Waals surface area contributed by atoms with Crippen LogP contribution in [0, 0.1) is 19.8 Å². The van der Waals surface area contributed by atoms with Crippen molar-refractivity contribution in [1.82, 2.24) is 19.7 Å². The minimum Gasteiger partial charge on any atom is -0.461 e. The van der Waals surface area contributed by atoms with Crippen LogP contribution in [0.4, 0.5) is 0 Å². The van der Waals surface area contributed by atoms with E-state index in [1.807, 2.05) is 23.6 Å². The average Bonchev–Trinajstić information content (AvgIpc) is 3.11. The molecule has 33 heavy (non-hydrogen) atoms. The Morgan fingerprint density at radius 2 is 1.76 bits per heavy atom. The molecule has 2 aliphatic rings. The standard InChI is InChI=1S/C25H40N4O4/c1-5-11-27-13-15-28(16-14-27)24(31)20-8-7-12-29(17-20)22(30)10-9-21-18(3)23(26-19(21)4)25(32)33-6-2/h20,26H,5-17H2,1-4H3/t20-/m1/s1. The van der Waals surface area contributed by atoms with Gasteiger partial charge in [-0.3, -0.25) is 14.5 Å². The zero-order chi connectivity index (χ0) is 24.0. The minimum absolute atomic E-state index is 0.0814. The lowest BCUT2D eigenvalue weighted by atomic mass is 9.95. The van der Waals surface area contributed by atoms with Gasteiger partial charge >= 0.3 is 5.97 Å². The molecule has 1 aromatic heterocycles. The summed E-state index contributed by atoms with van der Waals surface area (Å²) in [5.41, 5.74) is 3.23. The predicted molar refractivity (Wildman–Crippen MR) is 127 cm³/mol. The van der Waals surface area contributed by atoms with Crippen LogP contribution in [0.3, 0.4) is 0 Å². The van der Waals surface area contributed by atoms with E-state index in [-0.39, 0.29) is 23.7 Å². The molecule has 2 amide bonds. The minimum atomic E-state index is -0.358. The van der Waals surface area contributed by atoms with Gasteiger partial charge in [0, 0.05) is 51.4 Å². The molecule has 0 spiro atoms. The summed E-state index contributed by atoms with van der Waals surface area (Å²) in [6.45, 7) is 13.9. The first kappa shape index (κ1) is 25.3. The van der Waals surface area contributed by atoms with Crippen molar-refractivity contribution in [3.8, 4) is 0 Å². The SMILES string of the molecule is CCCN1CCN(C(=O)[C@@H]2CCCN(C(=O)CCc3c(C)[nH]c(C(=O)OCC)c3C)C2)CC1. The van der Waals surface area contributed by atoms with Crippen LogP contribution in [-0.2, 0) is 20.7 Å². The fourth-order valence-electron chi connectivity index (χ4n) is 5.13. The van der Waals surface area contributed by atoms with Gasteiger partial charge in [-0.05, 0) is 64.1 Å². The Morgan fingerprint density at radius 3 is 2.42 bits per heavy atom. The number of piperidine rings is 1. The van der Waals surface area contributed by atoms with Gasteiger partial charge in [0.25, 0.3) is 0 Å². The van der Waals surface area contributed by atoms with E-state index in [1.54, 1.807) is 6.92 Å². The highest BCUT2D eigenvalue weighted by molar-refractivity contribution is 5.90. The highest BCUT2D eigenvalue weighted by atomic mass is 16.5. The van der Waals surface area contributed by atoms with Gasteiger partial charge in [0.2, 0.25) is 11.8 Å². The molecule has 2 saturated heterocycles. The van der Waals surface area contributed by atoms with Crippen LogP contribution in [0.25, 0.3) is 0 Å². The smallest absolute Gasteiger partial charge is 0.355 e. The summed E-state index contributed by atoms with van der Waals surface area (Å²) in [5.74, 6) is -0.159. The van der Waals surface area contributed by atoms with Crippen LogP contribution in [0.2, 0.25) is 0 Å². The summed E-state index contributed by atoms with van der Waals surface area (Å²) in [5, 5.41) is 0. The topological polar surface area (TPSA) is 86.0 Å². The first-order chi connectivity index (χ1) is 15.8. The number of likely N-dealkylation sites (tertiary alicyclic amines) is 1. The quantitative estimate of drug-likeness (QED) is 0.603. The molecule has 1 atom stereocenters. The van der Waals surface area contributed by atoms with Gasteiger partial charge in [-0.15, -0.1) is 0 Å². The Bertz CT molecular complexity index is 842. The van der Waals surface area contributed by atoms with E-state index < -0.39 is 0 Å². The zero-order valence-electron chi connectivity index (χ0n) is 20.7. The lowest BCUT2D eigenvalue weighted by Crippen LogP contribution is -2.53. The lowest BCUT2D eigenvalue weighted by Gasteiger charge is -2.39. The largest absolute Gasteiger partial charge is 0.461 e. The second-order valence-corrected chi connectivity index (χ2v) is 9.29. The molecule has 3 rings (SSSR count). The van der Waals surface area contributed by atoms with Crippen molar-refractivity contribution in [2.45, 2.75) is 59.8 Å². The van der Waals surface area contributed by atoms with E-state index in [4.69, 9.17) is 4.74 Å². The molecule has 184 valence electrons. The summed E-state index contributed by atoms with van der Waals surface area (Å²) in [4.78, 5) is 47.6. The number of rotatable bonds is 8. The van der Waals surface area contributed by atoms with Crippen molar-refractivity contribution in [2.75, 3.05) is 52.4 Å². The predicted octanol–water partition coefficient (Wildman–Crippen LogP) is 2.53. The van der Waals surface area contributed by atoms with Crippen molar-refractivity contribution in [3.05, 3.63) is 22.5 Å². The molecule has 2 aliphatic heterocycles. The van der Waals surface area contributed by atoms with E-state index in [9.17, 15) is 14.4 Å². The molecule has 1 N–H and O–H groups in total. The van der Waals surface area contributed by atoms with Gasteiger partial charge < -0.3 is 19.5 Å². The van der Waals surface area contributed by atoms with E-state index in [1.165, 1.54) is 0 Å². The van der Waals surface area contributed by atoms with E-state index in [2.05, 4.69) is 16.8 Å². The summed E-state index contributed by atoms with van der Waals surface area (Å²) < 4.78 is 5.12. The van der Waals surface area contributed by atoms with Crippen LogP contribution in [0.15, 0.2) is 0 Å².